The molecule has 0 bridgehead atoms. The highest BCUT2D eigenvalue weighted by molar-refractivity contribution is 5.94. The number of amidine groups is 1. The monoisotopic (exact) mass is 302 g/mol. The third kappa shape index (κ3) is 3.41. The number of hydrogen-bond donors (Lipinski definition) is 3. The van der Waals surface area contributed by atoms with Crippen LogP contribution in [0.15, 0.2) is 12.3 Å². The number of likely N-dealkylation sites (tertiary alicyclic amines) is 1. The van der Waals surface area contributed by atoms with Gasteiger partial charge in [0.25, 0.3) is 0 Å². The van der Waals surface area contributed by atoms with Gasteiger partial charge in [0, 0.05) is 6.54 Å². The number of hydrogen-bond acceptors (Lipinski definition) is 3. The number of nitrogens with zero attached hydrogens (tertiary/aromatic N) is 2. The molecule has 1 fully saturated rings. The first kappa shape index (κ1) is 15.1. The topological polar surface area (TPSA) is 93.1 Å². The van der Waals surface area contributed by atoms with Gasteiger partial charge in [-0.15, -0.1) is 0 Å². The number of aromatic amines is 1. The molecule has 1 aromatic heterocycles. The van der Waals surface area contributed by atoms with Gasteiger partial charge in [0.15, 0.2) is 0 Å². The summed E-state index contributed by atoms with van der Waals surface area (Å²) in [5, 5.41) is 16.4. The van der Waals surface area contributed by atoms with Crippen LogP contribution < -0.4 is 0 Å². The third-order valence-electron chi connectivity index (χ3n) is 3.17. The smallest absolute Gasteiger partial charge is 0.408 e. The Labute approximate surface area is 117 Å². The summed E-state index contributed by atoms with van der Waals surface area (Å²) in [4.78, 5) is 17.8. The summed E-state index contributed by atoms with van der Waals surface area (Å²) in [5.41, 5.74) is -0.129. The van der Waals surface area contributed by atoms with Crippen molar-refractivity contribution in [3.8, 4) is 0 Å². The molecule has 21 heavy (non-hydrogen) atoms. The van der Waals surface area contributed by atoms with Crippen molar-refractivity contribution in [1.82, 2.24) is 14.9 Å². The molecule has 0 spiro atoms. The maximum absolute atomic E-state index is 12.8. The summed E-state index contributed by atoms with van der Waals surface area (Å²) in [6, 6.07) is -1.64. The summed E-state index contributed by atoms with van der Waals surface area (Å²) in [6.07, 6.45) is -0.458. The van der Waals surface area contributed by atoms with Crippen LogP contribution in [0.25, 0.3) is 6.08 Å². The van der Waals surface area contributed by atoms with E-state index >= 15 is 0 Å². The summed E-state index contributed by atoms with van der Waals surface area (Å²) < 4.78 is 38.3. The van der Waals surface area contributed by atoms with Crippen LogP contribution in [-0.2, 0) is 0 Å². The van der Waals surface area contributed by atoms with Gasteiger partial charge in [-0.3, -0.25) is 5.41 Å². The number of carboxylic acid groups (broad SMARTS) is 1. The minimum atomic E-state index is -4.36. The number of aromatic carboxylic acids is 1. The van der Waals surface area contributed by atoms with Crippen LogP contribution in [0.2, 0.25) is 0 Å². The van der Waals surface area contributed by atoms with Crippen molar-refractivity contribution in [2.45, 2.75) is 25.1 Å². The highest BCUT2D eigenvalue weighted by Crippen LogP contribution is 2.32. The number of halogens is 3. The van der Waals surface area contributed by atoms with Crippen molar-refractivity contribution in [3.05, 3.63) is 23.8 Å². The minimum absolute atomic E-state index is 0.0242. The van der Waals surface area contributed by atoms with E-state index in [0.717, 1.165) is 11.1 Å². The first-order valence-corrected chi connectivity index (χ1v) is 6.17. The van der Waals surface area contributed by atoms with Crippen LogP contribution >= 0.6 is 0 Å². The molecular formula is C12H13F3N4O2. The Kier molecular flexibility index (Phi) is 4.01. The molecule has 6 nitrogen and oxygen atoms in total. The molecule has 3 N–H and O–H groups in total. The molecule has 2 heterocycles. The summed E-state index contributed by atoms with van der Waals surface area (Å²) in [6.45, 7) is 0.173. The van der Waals surface area contributed by atoms with Gasteiger partial charge >= 0.3 is 12.1 Å². The Morgan fingerprint density at radius 2 is 2.29 bits per heavy atom. The lowest BCUT2D eigenvalue weighted by atomic mass is 10.2. The minimum Gasteiger partial charge on any atom is -0.477 e. The number of imidazole rings is 1. The number of rotatable bonds is 3. The quantitative estimate of drug-likeness (QED) is 0.589. The summed E-state index contributed by atoms with van der Waals surface area (Å²) in [5.74, 6) is -1.29. The molecule has 1 atom stereocenters. The zero-order valence-corrected chi connectivity index (χ0v) is 10.8. The number of carbonyl (C=O) groups is 1. The van der Waals surface area contributed by atoms with Crippen molar-refractivity contribution in [2.24, 2.45) is 0 Å². The predicted octanol–water partition coefficient (Wildman–Crippen LogP) is 2.13. The van der Waals surface area contributed by atoms with Crippen molar-refractivity contribution in [3.63, 3.8) is 0 Å². The Bertz CT molecular complexity index is 579. The second-order valence-electron chi connectivity index (χ2n) is 4.60. The van der Waals surface area contributed by atoms with E-state index in [1.54, 1.807) is 0 Å². The highest BCUT2D eigenvalue weighted by atomic mass is 19.4. The average molecular weight is 302 g/mol. The van der Waals surface area contributed by atoms with E-state index in [1.807, 2.05) is 0 Å². The molecule has 0 amide bonds. The number of aromatic nitrogens is 2. The molecule has 9 heteroatoms. The predicted molar refractivity (Wildman–Crippen MR) is 68.1 cm³/mol. The van der Waals surface area contributed by atoms with Gasteiger partial charge in [-0.25, -0.2) is 9.78 Å². The van der Waals surface area contributed by atoms with Crippen molar-refractivity contribution in [1.29, 1.82) is 5.41 Å². The highest BCUT2D eigenvalue weighted by Gasteiger charge is 2.46. The molecule has 1 aromatic rings. The van der Waals surface area contributed by atoms with Gasteiger partial charge in [-0.2, -0.15) is 13.2 Å². The normalized spacial score (nSPS) is 19.4. The first-order valence-electron chi connectivity index (χ1n) is 6.17. The fourth-order valence-electron chi connectivity index (χ4n) is 2.18. The zero-order valence-electron chi connectivity index (χ0n) is 10.8. The number of alkyl halides is 3. The van der Waals surface area contributed by atoms with Crippen LogP contribution in [0.3, 0.4) is 0 Å². The van der Waals surface area contributed by atoms with E-state index in [-0.39, 0.29) is 30.3 Å². The molecule has 1 aliphatic heterocycles. The molecule has 1 aliphatic rings. The second kappa shape index (κ2) is 5.58. The van der Waals surface area contributed by atoms with Gasteiger partial charge in [0.05, 0.1) is 6.20 Å². The van der Waals surface area contributed by atoms with Crippen LogP contribution in [0.4, 0.5) is 13.2 Å². The Morgan fingerprint density at radius 1 is 1.57 bits per heavy atom. The van der Waals surface area contributed by atoms with E-state index in [0.29, 0.717) is 6.42 Å². The molecule has 0 saturated carbocycles. The SMILES string of the molecule is N=C(/C=C\c1ncc(C(=O)O)[nH]1)N1CCCC1C(F)(F)F. The molecule has 0 aromatic carbocycles. The van der Waals surface area contributed by atoms with Gasteiger partial charge in [-0.05, 0) is 25.0 Å². The standard InChI is InChI=1S/C12H13F3N4O2/c13-12(14,15)8-2-1-5-19(8)9(16)3-4-10-17-6-7(18-10)11(20)21/h3-4,6,8,16H,1-2,5H2,(H,17,18)(H,20,21)/b4-3-,16-9?. The largest absolute Gasteiger partial charge is 0.477 e. The molecule has 2 rings (SSSR count). The van der Waals surface area contributed by atoms with Crippen LogP contribution in [0.5, 0.6) is 0 Å². The van der Waals surface area contributed by atoms with Crippen LogP contribution in [0.1, 0.15) is 29.2 Å². The van der Waals surface area contributed by atoms with Crippen LogP contribution in [-0.4, -0.2) is 50.5 Å². The van der Waals surface area contributed by atoms with E-state index < -0.39 is 18.2 Å². The van der Waals surface area contributed by atoms with Gasteiger partial charge in [-0.1, -0.05) is 0 Å². The first-order chi connectivity index (χ1) is 9.79. The third-order valence-corrected chi connectivity index (χ3v) is 3.17. The Balaban J connectivity index is 2.06. The number of nitrogens with one attached hydrogen (secondary N) is 2. The van der Waals surface area contributed by atoms with E-state index in [4.69, 9.17) is 10.5 Å². The number of carboxylic acids is 1. The molecule has 0 radical (unpaired) electrons. The Hall–Kier alpha value is -2.32. The zero-order chi connectivity index (χ0) is 15.6. The molecule has 114 valence electrons. The van der Waals surface area contributed by atoms with Gasteiger partial charge in [0.1, 0.15) is 23.4 Å². The summed E-state index contributed by atoms with van der Waals surface area (Å²) >= 11 is 0. The fraction of sp³-hybridized carbons (Fsp3) is 0.417. The Morgan fingerprint density at radius 3 is 2.86 bits per heavy atom. The lowest BCUT2D eigenvalue weighted by Crippen LogP contribution is -2.43. The van der Waals surface area contributed by atoms with Gasteiger partial charge in [0.2, 0.25) is 0 Å². The lowest BCUT2D eigenvalue weighted by Gasteiger charge is -2.27. The fourth-order valence-corrected chi connectivity index (χ4v) is 2.18. The van der Waals surface area contributed by atoms with Crippen molar-refractivity contribution < 1.29 is 23.1 Å². The lowest BCUT2D eigenvalue weighted by molar-refractivity contribution is -0.166. The molecule has 1 saturated heterocycles. The van der Waals surface area contributed by atoms with Crippen molar-refractivity contribution >= 4 is 17.9 Å². The van der Waals surface area contributed by atoms with Crippen LogP contribution in [0, 0.1) is 5.41 Å². The second-order valence-corrected chi connectivity index (χ2v) is 4.60. The molecule has 1 unspecified atom stereocenters. The number of H-pyrrole nitrogens is 1. The average Bonchev–Trinajstić information content (AvgIpc) is 3.04. The van der Waals surface area contributed by atoms with E-state index in [2.05, 4.69) is 9.97 Å². The molecule has 0 aliphatic carbocycles. The van der Waals surface area contributed by atoms with E-state index in [1.165, 1.54) is 12.2 Å². The van der Waals surface area contributed by atoms with Crippen molar-refractivity contribution in [2.75, 3.05) is 6.54 Å². The summed E-state index contributed by atoms with van der Waals surface area (Å²) in [7, 11) is 0. The van der Waals surface area contributed by atoms with E-state index in [9.17, 15) is 18.0 Å². The molecular weight excluding hydrogens is 289 g/mol. The van der Waals surface area contributed by atoms with Gasteiger partial charge < -0.3 is 15.0 Å². The maximum atomic E-state index is 12.8. The maximum Gasteiger partial charge on any atom is 0.408 e.